The lowest BCUT2D eigenvalue weighted by Gasteiger charge is -2.20. The molecule has 1 radical (unpaired) electrons. The van der Waals surface area contributed by atoms with E-state index in [2.05, 4.69) is 6.58 Å². The van der Waals surface area contributed by atoms with Crippen LogP contribution in [0.2, 0.25) is 0 Å². The molecule has 0 aliphatic rings. The molecule has 0 unspecified atom stereocenters. The fourth-order valence-corrected chi connectivity index (χ4v) is 0.804. The highest BCUT2D eigenvalue weighted by atomic mass is 16.3. The molecule has 0 atom stereocenters. The van der Waals surface area contributed by atoms with Gasteiger partial charge in [-0.1, -0.05) is 6.08 Å². The smallest absolute Gasteiger partial charge is 0.0449 e. The van der Waals surface area contributed by atoms with E-state index in [0.29, 0.717) is 0 Å². The Morgan fingerprint density at radius 3 is 2.50 bits per heavy atom. The molecule has 0 spiro atoms. The van der Waals surface area contributed by atoms with Gasteiger partial charge in [-0.15, -0.1) is 6.58 Å². The number of aliphatic hydroxyl groups excluding tert-OH is 1. The minimum atomic E-state index is 0.224. The Balaban J connectivity index is 3.60. The van der Waals surface area contributed by atoms with E-state index in [0.717, 1.165) is 12.8 Å². The monoisotopic (exact) mass is 142 g/mol. The minimum absolute atomic E-state index is 0.224. The van der Waals surface area contributed by atoms with Gasteiger partial charge in [0.05, 0.1) is 0 Å². The third-order valence-corrected chi connectivity index (χ3v) is 1.41. The van der Waals surface area contributed by atoms with E-state index >= 15 is 0 Å². The fraction of sp³-hybridized carbons (Fsp3) is 0.625. The van der Waals surface area contributed by atoms with Crippen LogP contribution in [-0.4, -0.2) is 30.7 Å². The summed E-state index contributed by atoms with van der Waals surface area (Å²) in [5.41, 5.74) is 0. The second-order valence-electron chi connectivity index (χ2n) is 2.43. The van der Waals surface area contributed by atoms with Crippen molar-refractivity contribution in [2.24, 2.45) is 0 Å². The first-order chi connectivity index (χ1) is 4.72. The van der Waals surface area contributed by atoms with Crippen LogP contribution >= 0.6 is 0 Å². The summed E-state index contributed by atoms with van der Waals surface area (Å²) in [7, 11) is 3.96. The van der Waals surface area contributed by atoms with Gasteiger partial charge < -0.3 is 10.0 Å². The van der Waals surface area contributed by atoms with Crippen molar-refractivity contribution in [1.82, 2.24) is 4.90 Å². The van der Waals surface area contributed by atoms with E-state index in [9.17, 15) is 0 Å². The van der Waals surface area contributed by atoms with Gasteiger partial charge in [-0.25, -0.2) is 0 Å². The maximum Gasteiger partial charge on any atom is 0.0449 e. The van der Waals surface area contributed by atoms with Crippen LogP contribution in [0.1, 0.15) is 12.8 Å². The first-order valence-corrected chi connectivity index (χ1v) is 3.46. The molecule has 0 fully saturated rings. The number of hydrogen-bond donors (Lipinski definition) is 1. The zero-order chi connectivity index (χ0) is 7.98. The van der Waals surface area contributed by atoms with Crippen molar-refractivity contribution in [1.29, 1.82) is 0 Å². The summed E-state index contributed by atoms with van der Waals surface area (Å²) in [5.74, 6) is 0. The number of aliphatic hydroxyl groups is 1. The lowest BCUT2D eigenvalue weighted by molar-refractivity contribution is 0.261. The summed E-state index contributed by atoms with van der Waals surface area (Å²) >= 11 is 0. The molecule has 0 saturated carbocycles. The second kappa shape index (κ2) is 5.45. The molecule has 0 amide bonds. The molecule has 0 saturated heterocycles. The molecule has 0 rings (SSSR count). The van der Waals surface area contributed by atoms with E-state index in [4.69, 9.17) is 5.11 Å². The lowest BCUT2D eigenvalue weighted by atomic mass is 10.1. The Labute approximate surface area is 63.2 Å². The lowest BCUT2D eigenvalue weighted by Crippen LogP contribution is -2.20. The molecule has 1 N–H and O–H groups in total. The van der Waals surface area contributed by atoms with Gasteiger partial charge in [-0.2, -0.15) is 0 Å². The Morgan fingerprint density at radius 1 is 1.60 bits per heavy atom. The molecule has 2 heteroatoms. The van der Waals surface area contributed by atoms with Crippen LogP contribution in [0.4, 0.5) is 0 Å². The molecular formula is C8H16NO. The molecule has 0 aliphatic carbocycles. The maximum absolute atomic E-state index is 8.63. The second-order valence-corrected chi connectivity index (χ2v) is 2.43. The zero-order valence-corrected chi connectivity index (χ0v) is 6.80. The van der Waals surface area contributed by atoms with Gasteiger partial charge >= 0.3 is 0 Å². The SMILES string of the molecule is C=CC[C](CCO)N(C)C. The molecule has 0 aromatic heterocycles. The Morgan fingerprint density at radius 2 is 2.20 bits per heavy atom. The Kier molecular flexibility index (Phi) is 5.26. The average molecular weight is 142 g/mol. The number of hydrogen-bond acceptors (Lipinski definition) is 2. The van der Waals surface area contributed by atoms with E-state index < -0.39 is 0 Å². The van der Waals surface area contributed by atoms with Crippen molar-refractivity contribution in [3.8, 4) is 0 Å². The van der Waals surface area contributed by atoms with Gasteiger partial charge in [0.1, 0.15) is 0 Å². The van der Waals surface area contributed by atoms with Crippen molar-refractivity contribution in [3.63, 3.8) is 0 Å². The first-order valence-electron chi connectivity index (χ1n) is 3.46. The number of rotatable bonds is 5. The van der Waals surface area contributed by atoms with Crippen LogP contribution in [0.5, 0.6) is 0 Å². The highest BCUT2D eigenvalue weighted by Crippen LogP contribution is 2.13. The van der Waals surface area contributed by atoms with Crippen LogP contribution in [-0.2, 0) is 0 Å². The first kappa shape index (κ1) is 9.66. The van der Waals surface area contributed by atoms with E-state index in [1.807, 2.05) is 25.1 Å². The highest BCUT2D eigenvalue weighted by Gasteiger charge is 2.08. The summed E-state index contributed by atoms with van der Waals surface area (Å²) in [6.45, 7) is 3.86. The maximum atomic E-state index is 8.63. The topological polar surface area (TPSA) is 23.5 Å². The van der Waals surface area contributed by atoms with E-state index in [1.54, 1.807) is 0 Å². The van der Waals surface area contributed by atoms with Crippen molar-refractivity contribution >= 4 is 0 Å². The van der Waals surface area contributed by atoms with Crippen LogP contribution in [0.15, 0.2) is 12.7 Å². The standard InChI is InChI=1S/C8H16NO/c1-4-5-8(6-7-10)9(2)3/h4,10H,1,5-7H2,2-3H3. The molecule has 0 aromatic carbocycles. The minimum Gasteiger partial charge on any atom is -0.396 e. The quantitative estimate of drug-likeness (QED) is 0.580. The van der Waals surface area contributed by atoms with Crippen molar-refractivity contribution in [3.05, 3.63) is 18.7 Å². The molecular weight excluding hydrogens is 126 g/mol. The van der Waals surface area contributed by atoms with Gasteiger partial charge in [0, 0.05) is 12.6 Å². The Bertz CT molecular complexity index is 91.3. The predicted octanol–water partition coefficient (Wildman–Crippen LogP) is 1.04. The van der Waals surface area contributed by atoms with Gasteiger partial charge in [-0.05, 0) is 26.9 Å². The average Bonchev–Trinajstić information content (AvgIpc) is 1.87. The summed E-state index contributed by atoms with van der Waals surface area (Å²) in [6.07, 6.45) is 3.47. The molecule has 2 nitrogen and oxygen atoms in total. The third kappa shape index (κ3) is 3.64. The fourth-order valence-electron chi connectivity index (χ4n) is 0.804. The van der Waals surface area contributed by atoms with Crippen LogP contribution in [0, 0.1) is 6.04 Å². The molecule has 10 heavy (non-hydrogen) atoms. The molecule has 0 aromatic rings. The predicted molar refractivity (Wildman–Crippen MR) is 43.4 cm³/mol. The normalized spacial score (nSPS) is 10.9. The molecule has 0 aliphatic heterocycles. The molecule has 0 bridgehead atoms. The van der Waals surface area contributed by atoms with Crippen LogP contribution in [0.25, 0.3) is 0 Å². The van der Waals surface area contributed by atoms with Crippen molar-refractivity contribution in [2.75, 3.05) is 20.7 Å². The summed E-state index contributed by atoms with van der Waals surface area (Å²) < 4.78 is 0. The van der Waals surface area contributed by atoms with Gasteiger partial charge in [-0.3, -0.25) is 0 Å². The Hall–Kier alpha value is -0.340. The molecule has 0 heterocycles. The van der Waals surface area contributed by atoms with E-state index in [1.165, 1.54) is 6.04 Å². The zero-order valence-electron chi connectivity index (χ0n) is 6.80. The van der Waals surface area contributed by atoms with Crippen molar-refractivity contribution < 1.29 is 5.11 Å². The molecule has 59 valence electrons. The summed E-state index contributed by atoms with van der Waals surface area (Å²) in [5, 5.41) is 8.63. The van der Waals surface area contributed by atoms with Crippen LogP contribution in [0.3, 0.4) is 0 Å². The summed E-state index contributed by atoms with van der Waals surface area (Å²) in [6, 6.07) is 1.22. The highest BCUT2D eigenvalue weighted by molar-refractivity contribution is 4.92. The number of nitrogens with zero attached hydrogens (tertiary/aromatic N) is 1. The van der Waals surface area contributed by atoms with Crippen molar-refractivity contribution in [2.45, 2.75) is 12.8 Å². The van der Waals surface area contributed by atoms with Gasteiger partial charge in [0.2, 0.25) is 0 Å². The largest absolute Gasteiger partial charge is 0.396 e. The third-order valence-electron chi connectivity index (χ3n) is 1.41. The summed E-state index contributed by atoms with van der Waals surface area (Å²) in [4.78, 5) is 2.03. The van der Waals surface area contributed by atoms with Gasteiger partial charge in [0.15, 0.2) is 0 Å². The van der Waals surface area contributed by atoms with Crippen LogP contribution < -0.4 is 0 Å². The van der Waals surface area contributed by atoms with Gasteiger partial charge in [0.25, 0.3) is 0 Å². The van der Waals surface area contributed by atoms with E-state index in [-0.39, 0.29) is 6.61 Å².